The molecule has 1 fully saturated rings. The van der Waals surface area contributed by atoms with Gasteiger partial charge in [-0.2, -0.15) is 0 Å². The summed E-state index contributed by atoms with van der Waals surface area (Å²) >= 11 is 0. The Morgan fingerprint density at radius 3 is 2.21 bits per heavy atom. The summed E-state index contributed by atoms with van der Waals surface area (Å²) in [5.74, 6) is -0.446. The molecule has 3 aromatic rings. The lowest BCUT2D eigenvalue weighted by Gasteiger charge is -2.28. The molecule has 0 amide bonds. The average molecular weight is 382 g/mol. The minimum Gasteiger partial charge on any atom is -0.207 e. The van der Waals surface area contributed by atoms with Gasteiger partial charge in [0.1, 0.15) is 17.5 Å². The van der Waals surface area contributed by atoms with Crippen LogP contribution in [0.1, 0.15) is 56.9 Å². The maximum atomic E-state index is 15.1. The Balaban J connectivity index is 1.63. The van der Waals surface area contributed by atoms with E-state index in [1.54, 1.807) is 6.07 Å². The molecule has 3 heteroatoms. The van der Waals surface area contributed by atoms with Crippen molar-refractivity contribution in [3.8, 4) is 11.1 Å². The van der Waals surface area contributed by atoms with Gasteiger partial charge in [-0.25, -0.2) is 13.2 Å². The zero-order valence-corrected chi connectivity index (χ0v) is 16.2. The summed E-state index contributed by atoms with van der Waals surface area (Å²) in [6, 6.07) is 12.5. The highest BCUT2D eigenvalue weighted by Crippen LogP contribution is 2.39. The van der Waals surface area contributed by atoms with Crippen LogP contribution < -0.4 is 0 Å². The first-order chi connectivity index (χ1) is 13.5. The fraction of sp³-hybridized carbons (Fsp3) is 0.360. The summed E-state index contributed by atoms with van der Waals surface area (Å²) in [5.41, 5.74) is 1.71. The Morgan fingerprint density at radius 2 is 1.54 bits per heavy atom. The van der Waals surface area contributed by atoms with Crippen LogP contribution in [0.3, 0.4) is 0 Å². The number of rotatable bonds is 4. The lowest BCUT2D eigenvalue weighted by atomic mass is 9.77. The third-order valence-electron chi connectivity index (χ3n) is 6.17. The van der Waals surface area contributed by atoms with Gasteiger partial charge in [-0.15, -0.1) is 0 Å². The van der Waals surface area contributed by atoms with E-state index in [1.165, 1.54) is 44.1 Å². The monoisotopic (exact) mass is 382 g/mol. The second-order valence-corrected chi connectivity index (χ2v) is 8.07. The Hall–Kier alpha value is -2.29. The van der Waals surface area contributed by atoms with Gasteiger partial charge in [-0.05, 0) is 66.2 Å². The van der Waals surface area contributed by atoms with Crippen molar-refractivity contribution in [1.29, 1.82) is 0 Å². The van der Waals surface area contributed by atoms with Gasteiger partial charge in [0.05, 0.1) is 0 Å². The first-order valence-electron chi connectivity index (χ1n) is 10.2. The first kappa shape index (κ1) is 19.0. The Morgan fingerprint density at radius 1 is 0.821 bits per heavy atom. The number of halogens is 3. The lowest BCUT2D eigenvalue weighted by molar-refractivity contribution is 0.308. The maximum absolute atomic E-state index is 15.1. The van der Waals surface area contributed by atoms with Crippen LogP contribution in [0.4, 0.5) is 13.2 Å². The summed E-state index contributed by atoms with van der Waals surface area (Å²) in [6.45, 7) is 2.25. The SMILES string of the molecule is CCC[C@H]1CC[C@H](c2ccc3c(F)c(-c4cc(F)cc(F)c4)ccc3c2)CC1. The molecule has 0 radical (unpaired) electrons. The van der Waals surface area contributed by atoms with Crippen molar-refractivity contribution in [3.63, 3.8) is 0 Å². The molecule has 0 atom stereocenters. The maximum Gasteiger partial charge on any atom is 0.138 e. The summed E-state index contributed by atoms with van der Waals surface area (Å²) < 4.78 is 42.1. The topological polar surface area (TPSA) is 0 Å². The van der Waals surface area contributed by atoms with Crippen LogP contribution in [0.5, 0.6) is 0 Å². The van der Waals surface area contributed by atoms with Gasteiger partial charge < -0.3 is 0 Å². The van der Waals surface area contributed by atoms with Gasteiger partial charge in [0.25, 0.3) is 0 Å². The van der Waals surface area contributed by atoms with E-state index in [1.807, 2.05) is 18.2 Å². The summed E-state index contributed by atoms with van der Waals surface area (Å²) in [7, 11) is 0. The van der Waals surface area contributed by atoms with Crippen molar-refractivity contribution in [2.45, 2.75) is 51.4 Å². The molecule has 0 aromatic heterocycles. The van der Waals surface area contributed by atoms with E-state index in [2.05, 4.69) is 13.0 Å². The van der Waals surface area contributed by atoms with Crippen LogP contribution >= 0.6 is 0 Å². The van der Waals surface area contributed by atoms with Crippen molar-refractivity contribution in [3.05, 3.63) is 71.5 Å². The van der Waals surface area contributed by atoms with E-state index in [0.29, 0.717) is 11.3 Å². The molecule has 0 spiro atoms. The fourth-order valence-electron chi connectivity index (χ4n) is 4.69. The Kier molecular flexibility index (Phi) is 5.43. The molecule has 0 saturated heterocycles. The Bertz CT molecular complexity index is 964. The minimum atomic E-state index is -0.705. The van der Waals surface area contributed by atoms with Gasteiger partial charge in [0.2, 0.25) is 0 Å². The molecular formula is C25H25F3. The van der Waals surface area contributed by atoms with E-state index in [9.17, 15) is 8.78 Å². The molecule has 1 saturated carbocycles. The van der Waals surface area contributed by atoms with Gasteiger partial charge in [0, 0.05) is 17.0 Å². The zero-order chi connectivity index (χ0) is 19.7. The summed E-state index contributed by atoms with van der Waals surface area (Å²) in [6.07, 6.45) is 7.50. The number of benzene rings is 3. The molecule has 0 unspecified atom stereocenters. The van der Waals surface area contributed by atoms with Crippen molar-refractivity contribution >= 4 is 10.8 Å². The largest absolute Gasteiger partial charge is 0.207 e. The molecule has 0 heterocycles. The molecular weight excluding hydrogens is 357 g/mol. The third-order valence-corrected chi connectivity index (χ3v) is 6.17. The zero-order valence-electron chi connectivity index (χ0n) is 16.2. The summed E-state index contributed by atoms with van der Waals surface area (Å²) in [4.78, 5) is 0. The molecule has 0 N–H and O–H groups in total. The molecule has 3 aromatic carbocycles. The Labute approximate surface area is 164 Å². The van der Waals surface area contributed by atoms with Crippen LogP contribution in [0, 0.1) is 23.4 Å². The van der Waals surface area contributed by atoms with Gasteiger partial charge in [-0.1, -0.05) is 50.1 Å². The molecule has 4 rings (SSSR count). The molecule has 146 valence electrons. The van der Waals surface area contributed by atoms with Gasteiger partial charge in [-0.3, -0.25) is 0 Å². The average Bonchev–Trinajstić information content (AvgIpc) is 2.68. The van der Waals surface area contributed by atoms with Crippen LogP contribution in [-0.4, -0.2) is 0 Å². The summed E-state index contributed by atoms with van der Waals surface area (Å²) in [5, 5.41) is 1.33. The highest BCUT2D eigenvalue weighted by atomic mass is 19.1. The van der Waals surface area contributed by atoms with Crippen molar-refractivity contribution in [2.24, 2.45) is 5.92 Å². The van der Waals surface area contributed by atoms with E-state index in [-0.39, 0.29) is 11.1 Å². The van der Waals surface area contributed by atoms with E-state index >= 15 is 4.39 Å². The minimum absolute atomic E-state index is 0.218. The van der Waals surface area contributed by atoms with Crippen LogP contribution in [0.2, 0.25) is 0 Å². The number of hydrogen-bond acceptors (Lipinski definition) is 0. The molecule has 0 nitrogen and oxygen atoms in total. The van der Waals surface area contributed by atoms with E-state index in [4.69, 9.17) is 0 Å². The predicted octanol–water partition coefficient (Wildman–Crippen LogP) is 8.00. The van der Waals surface area contributed by atoms with Crippen molar-refractivity contribution < 1.29 is 13.2 Å². The first-order valence-corrected chi connectivity index (χ1v) is 10.2. The number of hydrogen-bond donors (Lipinski definition) is 0. The number of fused-ring (bicyclic) bond motifs is 1. The van der Waals surface area contributed by atoms with Crippen LogP contribution in [0.25, 0.3) is 21.9 Å². The highest BCUT2D eigenvalue weighted by Gasteiger charge is 2.22. The molecule has 1 aliphatic rings. The highest BCUT2D eigenvalue weighted by molar-refractivity contribution is 5.89. The van der Waals surface area contributed by atoms with Crippen LogP contribution in [0.15, 0.2) is 48.5 Å². The molecule has 0 bridgehead atoms. The smallest absolute Gasteiger partial charge is 0.138 e. The standard InChI is InChI=1S/C25H25F3/c1-2-3-16-4-6-17(7-5-16)18-8-10-23-19(12-18)9-11-24(25(23)28)20-13-21(26)15-22(27)14-20/h8-17H,2-7H2,1H3/t16-,17-. The normalized spacial score (nSPS) is 19.9. The third kappa shape index (κ3) is 3.80. The van der Waals surface area contributed by atoms with E-state index < -0.39 is 17.5 Å². The fourth-order valence-corrected chi connectivity index (χ4v) is 4.69. The van der Waals surface area contributed by atoms with E-state index in [0.717, 1.165) is 29.5 Å². The lowest BCUT2D eigenvalue weighted by Crippen LogP contribution is -2.13. The van der Waals surface area contributed by atoms with Crippen molar-refractivity contribution in [2.75, 3.05) is 0 Å². The molecule has 0 aliphatic heterocycles. The van der Waals surface area contributed by atoms with Crippen molar-refractivity contribution in [1.82, 2.24) is 0 Å². The van der Waals surface area contributed by atoms with Gasteiger partial charge in [0.15, 0.2) is 0 Å². The second kappa shape index (κ2) is 7.98. The van der Waals surface area contributed by atoms with Crippen LogP contribution in [-0.2, 0) is 0 Å². The second-order valence-electron chi connectivity index (χ2n) is 8.07. The molecule has 28 heavy (non-hydrogen) atoms. The quantitative estimate of drug-likeness (QED) is 0.429. The molecule has 1 aliphatic carbocycles. The van der Waals surface area contributed by atoms with Gasteiger partial charge >= 0.3 is 0 Å². The predicted molar refractivity (Wildman–Crippen MR) is 109 cm³/mol.